The van der Waals surface area contributed by atoms with Crippen molar-refractivity contribution in [1.82, 2.24) is 15.2 Å². The topological polar surface area (TPSA) is 71.5 Å². The molecule has 6 nitrogen and oxygen atoms in total. The number of ether oxygens (including phenoxy) is 1. The summed E-state index contributed by atoms with van der Waals surface area (Å²) in [4.78, 5) is 30.7. The van der Waals surface area contributed by atoms with E-state index in [-0.39, 0.29) is 11.8 Å². The first-order valence-corrected chi connectivity index (χ1v) is 10.1. The Morgan fingerprint density at radius 3 is 2.85 bits per heavy atom. The van der Waals surface area contributed by atoms with Gasteiger partial charge >= 0.3 is 0 Å². The summed E-state index contributed by atoms with van der Waals surface area (Å²) >= 11 is 0. The van der Waals surface area contributed by atoms with Crippen molar-refractivity contribution in [2.45, 2.75) is 52.1 Å². The summed E-state index contributed by atoms with van der Waals surface area (Å²) in [5.74, 6) is 1.93. The van der Waals surface area contributed by atoms with Crippen LogP contribution in [0.1, 0.15) is 45.1 Å². The Hall–Kier alpha value is -2.11. The maximum absolute atomic E-state index is 12.5. The molecular weight excluding hydrogens is 342 g/mol. The van der Waals surface area contributed by atoms with E-state index in [1.165, 1.54) is 0 Å². The van der Waals surface area contributed by atoms with E-state index in [9.17, 15) is 9.59 Å². The quantitative estimate of drug-likeness (QED) is 0.861. The van der Waals surface area contributed by atoms with Gasteiger partial charge in [-0.1, -0.05) is 13.8 Å². The van der Waals surface area contributed by atoms with Gasteiger partial charge in [-0.25, -0.2) is 0 Å². The van der Waals surface area contributed by atoms with Gasteiger partial charge in [0.15, 0.2) is 6.10 Å². The molecule has 27 heavy (non-hydrogen) atoms. The molecule has 3 aliphatic rings. The predicted molar refractivity (Wildman–Crippen MR) is 101 cm³/mol. The predicted octanol–water partition coefficient (Wildman–Crippen LogP) is 2.18. The number of likely N-dealkylation sites (tertiary alicyclic amines) is 1. The molecule has 2 unspecified atom stereocenters. The van der Waals surface area contributed by atoms with Crippen LogP contribution in [0.2, 0.25) is 0 Å². The van der Waals surface area contributed by atoms with Crippen LogP contribution in [0.25, 0.3) is 0 Å². The van der Waals surface area contributed by atoms with Crippen molar-refractivity contribution in [1.29, 1.82) is 0 Å². The van der Waals surface area contributed by atoms with Crippen LogP contribution in [0.3, 0.4) is 0 Å². The molecular formula is C21H29N3O3. The highest BCUT2D eigenvalue weighted by Crippen LogP contribution is 2.59. The van der Waals surface area contributed by atoms with Gasteiger partial charge in [0.25, 0.3) is 5.91 Å². The van der Waals surface area contributed by atoms with E-state index >= 15 is 0 Å². The van der Waals surface area contributed by atoms with Crippen LogP contribution in [0.4, 0.5) is 0 Å². The van der Waals surface area contributed by atoms with Gasteiger partial charge in [0.05, 0.1) is 6.20 Å². The Labute approximate surface area is 160 Å². The minimum absolute atomic E-state index is 0.0298. The molecule has 6 heteroatoms. The van der Waals surface area contributed by atoms with Crippen LogP contribution >= 0.6 is 0 Å². The number of aromatic nitrogens is 1. The molecule has 2 aliphatic heterocycles. The zero-order valence-corrected chi connectivity index (χ0v) is 16.2. The first-order chi connectivity index (χ1) is 13.0. The standard InChI is InChI=1S/C21H29N3O3/c1-14(2)9-19(25)24-7-4-21(5-8-24)11-16(21)12-23-20(26)17-10-15-3-6-22-13-18(15)27-17/h3,6,13-14,16-17H,4-5,7-12H2,1-2H3,(H,23,26). The molecule has 0 bridgehead atoms. The lowest BCUT2D eigenvalue weighted by molar-refractivity contribution is -0.133. The number of carbonyl (C=O) groups excluding carboxylic acids is 2. The fourth-order valence-electron chi connectivity index (χ4n) is 4.57. The number of pyridine rings is 1. The van der Waals surface area contributed by atoms with Gasteiger partial charge in [0.2, 0.25) is 5.91 Å². The van der Waals surface area contributed by atoms with E-state index in [0.29, 0.717) is 36.6 Å². The SMILES string of the molecule is CC(C)CC(=O)N1CCC2(CC1)CC2CNC(=O)C1Cc2ccncc2O1. The number of hydrogen-bond donors (Lipinski definition) is 1. The normalized spacial score (nSPS) is 25.2. The van der Waals surface area contributed by atoms with Crippen molar-refractivity contribution in [2.75, 3.05) is 19.6 Å². The van der Waals surface area contributed by atoms with Crippen LogP contribution in [0.15, 0.2) is 18.5 Å². The summed E-state index contributed by atoms with van der Waals surface area (Å²) in [6.45, 7) is 6.62. The number of carbonyl (C=O) groups is 2. The lowest BCUT2D eigenvalue weighted by atomic mass is 9.90. The van der Waals surface area contributed by atoms with Gasteiger partial charge in [0, 0.05) is 44.2 Å². The molecule has 2 amide bonds. The van der Waals surface area contributed by atoms with E-state index in [2.05, 4.69) is 24.1 Å². The van der Waals surface area contributed by atoms with Crippen molar-refractivity contribution >= 4 is 11.8 Å². The van der Waals surface area contributed by atoms with Gasteiger partial charge in [0.1, 0.15) is 5.75 Å². The highest BCUT2D eigenvalue weighted by molar-refractivity contribution is 5.82. The monoisotopic (exact) mass is 371 g/mol. The lowest BCUT2D eigenvalue weighted by Gasteiger charge is -2.33. The van der Waals surface area contributed by atoms with Crippen molar-refractivity contribution < 1.29 is 14.3 Å². The number of piperidine rings is 1. The summed E-state index contributed by atoms with van der Waals surface area (Å²) in [5.41, 5.74) is 1.39. The Kier molecular flexibility index (Phi) is 4.82. The van der Waals surface area contributed by atoms with Crippen LogP contribution in [0.5, 0.6) is 5.75 Å². The van der Waals surface area contributed by atoms with Crippen LogP contribution in [-0.4, -0.2) is 47.4 Å². The van der Waals surface area contributed by atoms with Gasteiger partial charge in [-0.3, -0.25) is 14.6 Å². The van der Waals surface area contributed by atoms with Crippen molar-refractivity contribution in [3.63, 3.8) is 0 Å². The third kappa shape index (κ3) is 3.80. The van der Waals surface area contributed by atoms with Crippen LogP contribution < -0.4 is 10.1 Å². The third-order valence-corrected chi connectivity index (χ3v) is 6.41. The average molecular weight is 371 g/mol. The molecule has 0 aromatic carbocycles. The van der Waals surface area contributed by atoms with E-state index in [1.54, 1.807) is 12.4 Å². The molecule has 2 atom stereocenters. The second-order valence-electron chi connectivity index (χ2n) is 8.78. The highest BCUT2D eigenvalue weighted by atomic mass is 16.5. The minimum atomic E-state index is -0.436. The zero-order valence-electron chi connectivity index (χ0n) is 16.2. The lowest BCUT2D eigenvalue weighted by Crippen LogP contribution is -2.41. The number of amides is 2. The third-order valence-electron chi connectivity index (χ3n) is 6.41. The Balaban J connectivity index is 1.21. The number of nitrogens with zero attached hydrogens (tertiary/aromatic N) is 2. The molecule has 0 radical (unpaired) electrons. The van der Waals surface area contributed by atoms with E-state index in [4.69, 9.17) is 4.74 Å². The number of fused-ring (bicyclic) bond motifs is 1. The second-order valence-corrected chi connectivity index (χ2v) is 8.78. The maximum atomic E-state index is 12.5. The number of rotatable bonds is 5. The largest absolute Gasteiger partial charge is 0.478 e. The molecule has 1 aromatic heterocycles. The Bertz CT molecular complexity index is 700. The molecule has 1 N–H and O–H groups in total. The first kappa shape index (κ1) is 18.3. The van der Waals surface area contributed by atoms with E-state index in [1.807, 2.05) is 11.0 Å². The fraction of sp³-hybridized carbons (Fsp3) is 0.667. The summed E-state index contributed by atoms with van der Waals surface area (Å²) in [7, 11) is 0. The average Bonchev–Trinajstić information content (AvgIpc) is 3.12. The molecule has 4 rings (SSSR count). The van der Waals surface area contributed by atoms with Gasteiger partial charge < -0.3 is 15.0 Å². The maximum Gasteiger partial charge on any atom is 0.261 e. The van der Waals surface area contributed by atoms with Crippen molar-refractivity contribution in [2.24, 2.45) is 17.3 Å². The zero-order chi connectivity index (χ0) is 19.0. The summed E-state index contributed by atoms with van der Waals surface area (Å²) < 4.78 is 5.71. The van der Waals surface area contributed by atoms with E-state index < -0.39 is 6.10 Å². The minimum Gasteiger partial charge on any atom is -0.478 e. The van der Waals surface area contributed by atoms with Gasteiger partial charge in [-0.15, -0.1) is 0 Å². The molecule has 2 fully saturated rings. The molecule has 1 saturated heterocycles. The molecule has 1 spiro atoms. The van der Waals surface area contributed by atoms with Crippen LogP contribution in [-0.2, 0) is 16.0 Å². The second kappa shape index (κ2) is 7.13. The highest BCUT2D eigenvalue weighted by Gasteiger charge is 2.54. The van der Waals surface area contributed by atoms with Crippen molar-refractivity contribution in [3.05, 3.63) is 24.0 Å². The summed E-state index contributed by atoms with van der Waals surface area (Å²) in [5, 5.41) is 3.09. The summed E-state index contributed by atoms with van der Waals surface area (Å²) in [6, 6.07) is 1.91. The summed E-state index contributed by atoms with van der Waals surface area (Å²) in [6.07, 6.45) is 7.52. The first-order valence-electron chi connectivity index (χ1n) is 10.1. The molecule has 1 aliphatic carbocycles. The number of hydrogen-bond acceptors (Lipinski definition) is 4. The molecule has 1 aromatic rings. The molecule has 146 valence electrons. The Morgan fingerprint density at radius 1 is 1.37 bits per heavy atom. The van der Waals surface area contributed by atoms with Crippen LogP contribution in [0, 0.1) is 17.3 Å². The van der Waals surface area contributed by atoms with E-state index in [0.717, 1.165) is 43.7 Å². The molecule has 3 heterocycles. The van der Waals surface area contributed by atoms with Crippen molar-refractivity contribution in [3.8, 4) is 5.75 Å². The number of nitrogens with one attached hydrogen (secondary N) is 1. The molecule has 1 saturated carbocycles. The van der Waals surface area contributed by atoms with Gasteiger partial charge in [-0.05, 0) is 42.6 Å². The smallest absolute Gasteiger partial charge is 0.261 e. The van der Waals surface area contributed by atoms with Gasteiger partial charge in [-0.2, -0.15) is 0 Å². The fourth-order valence-corrected chi connectivity index (χ4v) is 4.57. The Morgan fingerprint density at radius 2 is 2.15 bits per heavy atom.